The van der Waals surface area contributed by atoms with Crippen molar-refractivity contribution >= 4 is 55.6 Å². The lowest BCUT2D eigenvalue weighted by Gasteiger charge is -2.40. The Labute approximate surface area is 317 Å². The number of aryl methyl sites for hydroxylation is 1. The van der Waals surface area contributed by atoms with Crippen molar-refractivity contribution in [2.45, 2.75) is 50.4 Å². The molecule has 0 saturated carbocycles. The molecule has 0 nitrogen and oxygen atoms in total. The van der Waals surface area contributed by atoms with Crippen LogP contribution in [-0.2, 0) is 12.8 Å². The maximum absolute atomic E-state index is 2.66. The van der Waals surface area contributed by atoms with E-state index in [1.54, 1.807) is 33.4 Å². The van der Waals surface area contributed by atoms with Gasteiger partial charge in [-0.3, -0.25) is 0 Å². The summed E-state index contributed by atoms with van der Waals surface area (Å²) in [4.78, 5) is 0. The van der Waals surface area contributed by atoms with Crippen LogP contribution in [0.4, 0.5) is 0 Å². The largest absolute Gasteiger partial charge is 0.0836 e. The summed E-state index contributed by atoms with van der Waals surface area (Å²) < 4.78 is 0. The highest BCUT2D eigenvalue weighted by molar-refractivity contribution is 6.24. The van der Waals surface area contributed by atoms with Crippen LogP contribution in [0.2, 0.25) is 0 Å². The molecule has 256 valence electrons. The lowest BCUT2D eigenvalue weighted by atomic mass is 9.63. The molecule has 0 radical (unpaired) electrons. The number of allylic oxidation sites excluding steroid dienone is 14. The Bertz CT molecular complexity index is 2920. The van der Waals surface area contributed by atoms with Crippen LogP contribution in [0.5, 0.6) is 0 Å². The van der Waals surface area contributed by atoms with Crippen molar-refractivity contribution in [3.05, 3.63) is 200 Å². The minimum absolute atomic E-state index is 0.313. The van der Waals surface area contributed by atoms with E-state index in [0.29, 0.717) is 23.7 Å². The number of hydrogen-bond acceptors (Lipinski definition) is 0. The van der Waals surface area contributed by atoms with Crippen molar-refractivity contribution in [2.75, 3.05) is 0 Å². The van der Waals surface area contributed by atoms with E-state index in [9.17, 15) is 0 Å². The van der Waals surface area contributed by atoms with Crippen LogP contribution < -0.4 is 0 Å². The summed E-state index contributed by atoms with van der Waals surface area (Å²) in [7, 11) is 0. The van der Waals surface area contributed by atoms with Crippen molar-refractivity contribution in [1.82, 2.24) is 0 Å². The summed E-state index contributed by atoms with van der Waals surface area (Å²) in [5, 5.41) is 8.14. The summed E-state index contributed by atoms with van der Waals surface area (Å²) in [6.45, 7) is 0. The fraction of sp³-hybridized carbons (Fsp3) is 0.185. The zero-order valence-electron chi connectivity index (χ0n) is 30.4. The Morgan fingerprint density at radius 2 is 1.50 bits per heavy atom. The molecule has 0 amide bonds. The molecule has 0 heterocycles. The molecule has 0 fully saturated rings. The molecule has 0 N–H and O–H groups in total. The Balaban J connectivity index is 1.02. The average molecular weight is 689 g/mol. The molecule has 13 rings (SSSR count). The summed E-state index contributed by atoms with van der Waals surface area (Å²) in [5.74, 6) is 1.72. The first-order chi connectivity index (χ1) is 26.7. The van der Waals surface area contributed by atoms with Crippen molar-refractivity contribution < 1.29 is 0 Å². The third-order valence-corrected chi connectivity index (χ3v) is 14.3. The quantitative estimate of drug-likeness (QED) is 0.162. The van der Waals surface area contributed by atoms with Gasteiger partial charge in [-0.1, -0.05) is 146 Å². The highest BCUT2D eigenvalue weighted by Crippen LogP contribution is 2.54. The van der Waals surface area contributed by atoms with Gasteiger partial charge in [0.1, 0.15) is 0 Å². The third-order valence-electron chi connectivity index (χ3n) is 14.3. The zero-order valence-corrected chi connectivity index (χ0v) is 30.4. The highest BCUT2D eigenvalue weighted by Gasteiger charge is 2.39. The van der Waals surface area contributed by atoms with Gasteiger partial charge in [0.25, 0.3) is 0 Å². The molecule has 6 aromatic rings. The van der Waals surface area contributed by atoms with Crippen LogP contribution in [0.25, 0.3) is 55.6 Å². The zero-order chi connectivity index (χ0) is 35.1. The molecule has 7 aliphatic carbocycles. The van der Waals surface area contributed by atoms with Crippen molar-refractivity contribution in [3.8, 4) is 0 Å². The van der Waals surface area contributed by atoms with E-state index in [1.165, 1.54) is 109 Å². The van der Waals surface area contributed by atoms with Gasteiger partial charge in [0.05, 0.1) is 0 Å². The Morgan fingerprint density at radius 3 is 2.43 bits per heavy atom. The van der Waals surface area contributed by atoms with Gasteiger partial charge in [0.2, 0.25) is 0 Å². The van der Waals surface area contributed by atoms with Crippen LogP contribution in [0, 0.1) is 11.8 Å². The molecule has 0 aromatic heterocycles. The minimum Gasteiger partial charge on any atom is -0.0836 e. The number of hydrogen-bond donors (Lipinski definition) is 0. The first-order valence-corrected chi connectivity index (χ1v) is 20.3. The maximum atomic E-state index is 2.66. The second-order valence-corrected chi connectivity index (χ2v) is 16.9. The monoisotopic (exact) mass is 688 g/mol. The van der Waals surface area contributed by atoms with Crippen molar-refractivity contribution in [2.24, 2.45) is 11.8 Å². The van der Waals surface area contributed by atoms with Crippen LogP contribution in [-0.4, -0.2) is 0 Å². The van der Waals surface area contributed by atoms with E-state index in [4.69, 9.17) is 0 Å². The van der Waals surface area contributed by atoms with E-state index >= 15 is 0 Å². The Kier molecular flexibility index (Phi) is 6.01. The van der Waals surface area contributed by atoms with Crippen molar-refractivity contribution in [1.29, 1.82) is 0 Å². The molecule has 0 heteroatoms. The topological polar surface area (TPSA) is 0 Å². The summed E-state index contributed by atoms with van der Waals surface area (Å²) in [6.07, 6.45) is 31.8. The minimum atomic E-state index is 0.313. The fourth-order valence-electron chi connectivity index (χ4n) is 12.0. The molecule has 6 aromatic carbocycles. The molecule has 4 unspecified atom stereocenters. The van der Waals surface area contributed by atoms with Crippen LogP contribution >= 0.6 is 0 Å². The summed E-state index contributed by atoms with van der Waals surface area (Å²) in [6, 6.07) is 32.8. The molecule has 0 spiro atoms. The predicted molar refractivity (Wildman–Crippen MR) is 228 cm³/mol. The summed E-state index contributed by atoms with van der Waals surface area (Å²) in [5.41, 5.74) is 21.2. The van der Waals surface area contributed by atoms with Gasteiger partial charge in [-0.2, -0.15) is 0 Å². The smallest absolute Gasteiger partial charge is 0.0205 e. The second kappa shape index (κ2) is 10.9. The number of rotatable bonds is 3. The number of benzene rings is 6. The predicted octanol–water partition coefficient (Wildman–Crippen LogP) is 13.6. The third kappa shape index (κ3) is 4.04. The fourth-order valence-corrected chi connectivity index (χ4v) is 12.0. The Morgan fingerprint density at radius 1 is 0.667 bits per heavy atom. The molecule has 0 aliphatic heterocycles. The first kappa shape index (κ1) is 29.7. The maximum Gasteiger partial charge on any atom is 0.0205 e. The highest BCUT2D eigenvalue weighted by atomic mass is 14.4. The van der Waals surface area contributed by atoms with Gasteiger partial charge >= 0.3 is 0 Å². The second-order valence-electron chi connectivity index (χ2n) is 16.9. The van der Waals surface area contributed by atoms with Gasteiger partial charge in [-0.05, 0) is 155 Å². The summed E-state index contributed by atoms with van der Waals surface area (Å²) >= 11 is 0. The van der Waals surface area contributed by atoms with Gasteiger partial charge in [-0.15, -0.1) is 0 Å². The molecule has 4 atom stereocenters. The first-order valence-electron chi connectivity index (χ1n) is 20.3. The van der Waals surface area contributed by atoms with Gasteiger partial charge in [-0.25, -0.2) is 0 Å². The SMILES string of the molecule is C1=CC2=C3c4c(ccc(C5C=C(c6ccc7ccc8cccc9ccc6c7c89)C=C(C6=CC=C7C=Cc8cccc9c8C7C6C=C9)C5)c4CCC3C1)CC2. The lowest BCUT2D eigenvalue weighted by molar-refractivity contribution is 0.575. The molecule has 7 aliphatic rings. The van der Waals surface area contributed by atoms with Crippen LogP contribution in [0.3, 0.4) is 0 Å². The lowest BCUT2D eigenvalue weighted by Crippen LogP contribution is -2.25. The van der Waals surface area contributed by atoms with Gasteiger partial charge < -0.3 is 0 Å². The normalized spacial score (nSPS) is 24.4. The van der Waals surface area contributed by atoms with E-state index < -0.39 is 0 Å². The van der Waals surface area contributed by atoms with Gasteiger partial charge in [0, 0.05) is 17.8 Å². The van der Waals surface area contributed by atoms with Crippen LogP contribution in [0.1, 0.15) is 82.0 Å². The van der Waals surface area contributed by atoms with E-state index in [-0.39, 0.29) is 0 Å². The molecule has 0 saturated heterocycles. The molecule has 0 bridgehead atoms. The van der Waals surface area contributed by atoms with E-state index in [2.05, 4.69) is 146 Å². The van der Waals surface area contributed by atoms with E-state index in [1.807, 2.05) is 0 Å². The standard InChI is InChI=1S/C54H40/c1-4-31-10-13-37-16-22-43(46-25-19-34(7-1)49(31)52(37)46)40-28-41(44-23-17-38-14-11-32-5-2-8-35-20-26-47(44)53(38)50(32)35)30-42(29-40)45-24-18-39-15-12-33-6-3-9-36-21-27-48(45)54(39)51(33)36/h1-8,10-11,13-14,16-20,22-26,28-29,36,42,47,53H,9,12,15,21,27,30H2. The Hall–Kier alpha value is -5.72. The average Bonchev–Trinajstić information content (AvgIpc) is 3.23. The van der Waals surface area contributed by atoms with Crippen molar-refractivity contribution in [3.63, 3.8) is 0 Å². The molecule has 54 heavy (non-hydrogen) atoms. The van der Waals surface area contributed by atoms with Crippen LogP contribution in [0.15, 0.2) is 156 Å². The molecular formula is C54H40. The van der Waals surface area contributed by atoms with E-state index in [0.717, 1.165) is 6.42 Å². The molecular weight excluding hydrogens is 649 g/mol. The van der Waals surface area contributed by atoms with Gasteiger partial charge in [0.15, 0.2) is 0 Å².